The van der Waals surface area contributed by atoms with Gasteiger partial charge < -0.3 is 5.11 Å². The second kappa shape index (κ2) is 3.63. The largest absolute Gasteiger partial charge is 0.492 e. The molecule has 0 aliphatic heterocycles. The van der Waals surface area contributed by atoms with E-state index in [2.05, 4.69) is 4.98 Å². The highest BCUT2D eigenvalue weighted by Gasteiger charge is 2.12. The van der Waals surface area contributed by atoms with Crippen LogP contribution < -0.4 is 0 Å². The molecule has 1 aromatic carbocycles. The van der Waals surface area contributed by atoms with E-state index in [4.69, 9.17) is 0 Å². The Kier molecular flexibility index (Phi) is 2.11. The van der Waals surface area contributed by atoms with Gasteiger partial charge in [-0.2, -0.15) is 4.98 Å². The fraction of sp³-hybridized carbons (Fsp3) is 0.0714. The van der Waals surface area contributed by atoms with Gasteiger partial charge >= 0.3 is 0 Å². The monoisotopic (exact) mass is 224 g/mol. The molecule has 0 atom stereocenters. The number of nitrogens with zero attached hydrogens (tertiary/aromatic N) is 2. The molecule has 0 amide bonds. The molecule has 0 saturated carbocycles. The highest BCUT2D eigenvalue weighted by Crippen LogP contribution is 2.29. The Morgan fingerprint density at radius 1 is 1.06 bits per heavy atom. The minimum absolute atomic E-state index is 0.0695. The standard InChI is InChI=1S/C14H12N2O/c1-10-5-7-11(8-6-10)13-14(17)15-12-4-2-3-9-16(12)13/h2-9,17H,1H3. The number of aryl methyl sites for hydroxylation is 1. The SMILES string of the molecule is Cc1ccc(-c2c(O)nc3ccccn23)cc1. The van der Waals surface area contributed by atoms with Gasteiger partial charge in [0.05, 0.1) is 0 Å². The van der Waals surface area contributed by atoms with Gasteiger partial charge in [-0.3, -0.25) is 4.40 Å². The number of fused-ring (bicyclic) bond motifs is 1. The van der Waals surface area contributed by atoms with Crippen molar-refractivity contribution in [1.29, 1.82) is 0 Å². The Balaban J connectivity index is 2.29. The third-order valence-electron chi connectivity index (χ3n) is 2.84. The fourth-order valence-corrected chi connectivity index (χ4v) is 1.96. The molecule has 3 rings (SSSR count). The van der Waals surface area contributed by atoms with Crippen molar-refractivity contribution in [3.63, 3.8) is 0 Å². The number of aromatic nitrogens is 2. The van der Waals surface area contributed by atoms with Gasteiger partial charge in [0.25, 0.3) is 0 Å². The van der Waals surface area contributed by atoms with E-state index in [9.17, 15) is 5.11 Å². The van der Waals surface area contributed by atoms with E-state index in [0.29, 0.717) is 0 Å². The molecular formula is C14H12N2O. The Morgan fingerprint density at radius 3 is 2.59 bits per heavy atom. The van der Waals surface area contributed by atoms with Gasteiger partial charge in [-0.15, -0.1) is 0 Å². The Morgan fingerprint density at radius 2 is 1.82 bits per heavy atom. The van der Waals surface area contributed by atoms with E-state index in [1.807, 2.05) is 60.0 Å². The zero-order valence-corrected chi connectivity index (χ0v) is 9.46. The molecule has 0 radical (unpaired) electrons. The lowest BCUT2D eigenvalue weighted by Gasteiger charge is -2.02. The van der Waals surface area contributed by atoms with Crippen LogP contribution in [-0.2, 0) is 0 Å². The second-order valence-electron chi connectivity index (χ2n) is 4.08. The van der Waals surface area contributed by atoms with E-state index >= 15 is 0 Å². The van der Waals surface area contributed by atoms with Crippen molar-refractivity contribution in [1.82, 2.24) is 9.38 Å². The Bertz CT molecular complexity index is 668. The van der Waals surface area contributed by atoms with Crippen LogP contribution in [-0.4, -0.2) is 14.5 Å². The summed E-state index contributed by atoms with van der Waals surface area (Å²) < 4.78 is 1.89. The molecule has 3 aromatic rings. The van der Waals surface area contributed by atoms with Crippen molar-refractivity contribution >= 4 is 5.65 Å². The van der Waals surface area contributed by atoms with Gasteiger partial charge in [-0.1, -0.05) is 35.9 Å². The summed E-state index contributed by atoms with van der Waals surface area (Å²) in [6, 6.07) is 13.7. The molecule has 0 aliphatic rings. The highest BCUT2D eigenvalue weighted by atomic mass is 16.3. The first-order chi connectivity index (χ1) is 8.25. The zero-order chi connectivity index (χ0) is 11.8. The Hall–Kier alpha value is -2.29. The summed E-state index contributed by atoms with van der Waals surface area (Å²) in [5.74, 6) is 0.0695. The highest BCUT2D eigenvalue weighted by molar-refractivity contribution is 5.69. The summed E-state index contributed by atoms with van der Waals surface area (Å²) >= 11 is 0. The molecule has 2 aromatic heterocycles. The maximum Gasteiger partial charge on any atom is 0.238 e. The van der Waals surface area contributed by atoms with Crippen LogP contribution >= 0.6 is 0 Å². The predicted octanol–water partition coefficient (Wildman–Crippen LogP) is 3.02. The first-order valence-electron chi connectivity index (χ1n) is 5.49. The first-order valence-corrected chi connectivity index (χ1v) is 5.49. The van der Waals surface area contributed by atoms with E-state index in [1.54, 1.807) is 0 Å². The summed E-state index contributed by atoms with van der Waals surface area (Å²) in [7, 11) is 0. The van der Waals surface area contributed by atoms with Gasteiger partial charge in [0.2, 0.25) is 5.88 Å². The van der Waals surface area contributed by atoms with Gasteiger partial charge in [0.1, 0.15) is 11.3 Å². The third-order valence-corrected chi connectivity index (χ3v) is 2.84. The molecule has 0 fully saturated rings. The molecule has 0 unspecified atom stereocenters. The van der Waals surface area contributed by atoms with Crippen LogP contribution in [0.5, 0.6) is 5.88 Å². The first kappa shape index (κ1) is 9.90. The van der Waals surface area contributed by atoms with Crippen molar-refractivity contribution in [2.75, 3.05) is 0 Å². The van der Waals surface area contributed by atoms with Crippen molar-refractivity contribution in [3.05, 3.63) is 54.2 Å². The lowest BCUT2D eigenvalue weighted by atomic mass is 10.1. The van der Waals surface area contributed by atoms with Crippen molar-refractivity contribution in [2.24, 2.45) is 0 Å². The predicted molar refractivity (Wildman–Crippen MR) is 67.0 cm³/mol. The molecule has 0 bridgehead atoms. The number of benzene rings is 1. The summed E-state index contributed by atoms with van der Waals surface area (Å²) in [6.45, 7) is 2.04. The third kappa shape index (κ3) is 1.56. The van der Waals surface area contributed by atoms with Crippen LogP contribution in [0.2, 0.25) is 0 Å². The van der Waals surface area contributed by atoms with Crippen LogP contribution in [0.25, 0.3) is 16.9 Å². The van der Waals surface area contributed by atoms with Crippen LogP contribution in [0.3, 0.4) is 0 Å². The molecule has 3 nitrogen and oxygen atoms in total. The van der Waals surface area contributed by atoms with Gasteiger partial charge in [-0.25, -0.2) is 0 Å². The summed E-state index contributed by atoms with van der Waals surface area (Å²) in [6.07, 6.45) is 1.90. The summed E-state index contributed by atoms with van der Waals surface area (Å²) in [5.41, 5.74) is 3.65. The maximum atomic E-state index is 9.93. The fourth-order valence-electron chi connectivity index (χ4n) is 1.96. The van der Waals surface area contributed by atoms with E-state index in [1.165, 1.54) is 5.56 Å². The average Bonchev–Trinajstić information content (AvgIpc) is 2.66. The van der Waals surface area contributed by atoms with E-state index in [0.717, 1.165) is 16.9 Å². The number of hydrogen-bond acceptors (Lipinski definition) is 2. The molecular weight excluding hydrogens is 212 g/mol. The van der Waals surface area contributed by atoms with Gasteiger partial charge in [0, 0.05) is 11.8 Å². The lowest BCUT2D eigenvalue weighted by molar-refractivity contribution is 0.459. The molecule has 0 spiro atoms. The summed E-state index contributed by atoms with van der Waals surface area (Å²) in [4.78, 5) is 4.13. The second-order valence-corrected chi connectivity index (χ2v) is 4.08. The number of hydrogen-bond donors (Lipinski definition) is 1. The topological polar surface area (TPSA) is 37.5 Å². The molecule has 84 valence electrons. The molecule has 17 heavy (non-hydrogen) atoms. The quantitative estimate of drug-likeness (QED) is 0.690. The molecule has 1 N–H and O–H groups in total. The minimum atomic E-state index is 0.0695. The van der Waals surface area contributed by atoms with E-state index in [-0.39, 0.29) is 5.88 Å². The number of rotatable bonds is 1. The van der Waals surface area contributed by atoms with Crippen LogP contribution in [0.1, 0.15) is 5.56 Å². The lowest BCUT2D eigenvalue weighted by Crippen LogP contribution is -1.87. The molecule has 0 aliphatic carbocycles. The van der Waals surface area contributed by atoms with E-state index < -0.39 is 0 Å². The number of pyridine rings is 1. The smallest absolute Gasteiger partial charge is 0.238 e. The minimum Gasteiger partial charge on any atom is -0.492 e. The van der Waals surface area contributed by atoms with Gasteiger partial charge in [0.15, 0.2) is 0 Å². The van der Waals surface area contributed by atoms with Crippen LogP contribution in [0.15, 0.2) is 48.7 Å². The normalized spacial score (nSPS) is 10.9. The van der Waals surface area contributed by atoms with Crippen LogP contribution in [0.4, 0.5) is 0 Å². The average molecular weight is 224 g/mol. The number of imidazole rings is 1. The molecule has 2 heterocycles. The maximum absolute atomic E-state index is 9.93. The summed E-state index contributed by atoms with van der Waals surface area (Å²) in [5, 5.41) is 9.93. The van der Waals surface area contributed by atoms with Crippen molar-refractivity contribution in [3.8, 4) is 17.1 Å². The Labute approximate surface area is 99.0 Å². The molecule has 3 heteroatoms. The van der Waals surface area contributed by atoms with Crippen molar-refractivity contribution < 1.29 is 5.11 Å². The van der Waals surface area contributed by atoms with Crippen molar-refractivity contribution in [2.45, 2.75) is 6.92 Å². The molecule has 0 saturated heterocycles. The van der Waals surface area contributed by atoms with Crippen LogP contribution in [0, 0.1) is 6.92 Å². The van der Waals surface area contributed by atoms with Gasteiger partial charge in [-0.05, 0) is 19.1 Å². The zero-order valence-electron chi connectivity index (χ0n) is 9.46. The number of aromatic hydroxyl groups is 1.